The Kier molecular flexibility index (Phi) is 5.88. The molecule has 1 spiro atoms. The van der Waals surface area contributed by atoms with E-state index in [2.05, 4.69) is 14.9 Å². The number of benzene rings is 1. The van der Waals surface area contributed by atoms with Gasteiger partial charge < -0.3 is 20.9 Å². The molecule has 4 N–H and O–H groups in total. The van der Waals surface area contributed by atoms with E-state index in [1.54, 1.807) is 12.3 Å². The Morgan fingerprint density at radius 3 is 2.68 bits per heavy atom. The minimum atomic E-state index is -0.843. The van der Waals surface area contributed by atoms with Crippen LogP contribution in [-0.2, 0) is 11.2 Å². The second-order valence-electron chi connectivity index (χ2n) is 7.07. The summed E-state index contributed by atoms with van der Waals surface area (Å²) in [7, 11) is 0. The van der Waals surface area contributed by atoms with Gasteiger partial charge in [-0.1, -0.05) is 41.0 Å². The van der Waals surface area contributed by atoms with Gasteiger partial charge in [0, 0.05) is 37.2 Å². The number of nitrogens with two attached hydrogens (primary N) is 2. The van der Waals surface area contributed by atoms with Crippen molar-refractivity contribution >= 4 is 57.8 Å². The molecule has 0 aliphatic carbocycles. The molecule has 0 radical (unpaired) electrons. The van der Waals surface area contributed by atoms with Crippen LogP contribution in [0, 0.1) is 0 Å². The van der Waals surface area contributed by atoms with Crippen molar-refractivity contribution < 1.29 is 4.55 Å². The lowest BCUT2D eigenvalue weighted by molar-refractivity contribution is 0.373. The van der Waals surface area contributed by atoms with E-state index < -0.39 is 11.2 Å². The summed E-state index contributed by atoms with van der Waals surface area (Å²) in [6.07, 6.45) is 4.17. The summed E-state index contributed by atoms with van der Waals surface area (Å²) in [6.45, 7) is 1.50. The quantitative estimate of drug-likeness (QED) is 0.680. The van der Waals surface area contributed by atoms with Crippen LogP contribution in [0.4, 0.5) is 11.6 Å². The molecule has 2 unspecified atom stereocenters. The SMILES string of the molecule is Nc1nc(N2CCC3(CC2)C(N)CC[S+]3[O-])cnc1Sc1cccc(Cl)c1Cl. The molecule has 10 heteroatoms. The number of piperidine rings is 1. The lowest BCUT2D eigenvalue weighted by atomic mass is 9.88. The number of hydrogen-bond donors (Lipinski definition) is 2. The smallest absolute Gasteiger partial charge is 0.158 e. The lowest BCUT2D eigenvalue weighted by Gasteiger charge is -2.41. The summed E-state index contributed by atoms with van der Waals surface area (Å²) in [5.74, 6) is 1.79. The molecule has 1 aromatic heterocycles. The summed E-state index contributed by atoms with van der Waals surface area (Å²) >= 11 is 12.8. The van der Waals surface area contributed by atoms with Crippen LogP contribution in [0.2, 0.25) is 10.0 Å². The summed E-state index contributed by atoms with van der Waals surface area (Å²) in [4.78, 5) is 11.9. The molecule has 2 fully saturated rings. The highest BCUT2D eigenvalue weighted by Crippen LogP contribution is 2.42. The average molecular weight is 458 g/mol. The molecule has 2 saturated heterocycles. The molecular formula is C18H21Cl2N5OS2. The Bertz CT molecular complexity index is 867. The Balaban J connectivity index is 1.47. The molecule has 2 atom stereocenters. The van der Waals surface area contributed by atoms with E-state index in [4.69, 9.17) is 34.7 Å². The van der Waals surface area contributed by atoms with Crippen LogP contribution in [0.1, 0.15) is 19.3 Å². The molecule has 2 aliphatic heterocycles. The van der Waals surface area contributed by atoms with Crippen molar-refractivity contribution in [2.75, 3.05) is 29.5 Å². The van der Waals surface area contributed by atoms with Crippen molar-refractivity contribution in [2.45, 2.75) is 40.0 Å². The summed E-state index contributed by atoms with van der Waals surface area (Å²) in [6, 6.07) is 5.45. The fourth-order valence-electron chi connectivity index (χ4n) is 3.86. The third kappa shape index (κ3) is 3.66. The van der Waals surface area contributed by atoms with Crippen LogP contribution >= 0.6 is 35.0 Å². The third-order valence-corrected chi connectivity index (χ3v) is 9.77. The second-order valence-corrected chi connectivity index (χ2v) is 10.8. The van der Waals surface area contributed by atoms with Crippen molar-refractivity contribution in [1.29, 1.82) is 0 Å². The highest BCUT2D eigenvalue weighted by Gasteiger charge is 2.54. The van der Waals surface area contributed by atoms with Crippen molar-refractivity contribution in [1.82, 2.24) is 9.97 Å². The van der Waals surface area contributed by atoms with Crippen LogP contribution < -0.4 is 16.4 Å². The van der Waals surface area contributed by atoms with Crippen molar-refractivity contribution in [2.24, 2.45) is 5.73 Å². The van der Waals surface area contributed by atoms with E-state index in [1.165, 1.54) is 11.8 Å². The molecule has 2 aromatic rings. The van der Waals surface area contributed by atoms with Crippen molar-refractivity contribution in [3.63, 3.8) is 0 Å². The number of aromatic nitrogens is 2. The van der Waals surface area contributed by atoms with Gasteiger partial charge in [0.2, 0.25) is 0 Å². The standard InChI is InChI=1S/C18H21Cl2N5OS2/c19-11-2-1-3-12(15(11)20)27-17-16(22)24-14(10-23-17)25-7-5-18(6-8-25)13(21)4-9-28(18)26/h1-3,10,13H,4-9,21H2,(H2,22,24). The first kappa shape index (κ1) is 20.4. The minimum absolute atomic E-state index is 0.0212. The van der Waals surface area contributed by atoms with Crippen LogP contribution in [0.25, 0.3) is 0 Å². The van der Waals surface area contributed by atoms with Crippen LogP contribution in [0.5, 0.6) is 0 Å². The molecule has 2 aliphatic rings. The number of rotatable bonds is 3. The molecule has 0 saturated carbocycles. The number of anilines is 2. The van der Waals surface area contributed by atoms with Crippen molar-refractivity contribution in [3.8, 4) is 0 Å². The van der Waals surface area contributed by atoms with Crippen LogP contribution in [-0.4, -0.2) is 44.2 Å². The average Bonchev–Trinajstić information content (AvgIpc) is 2.96. The number of halogens is 2. The number of hydrogen-bond acceptors (Lipinski definition) is 7. The van der Waals surface area contributed by atoms with Gasteiger partial charge >= 0.3 is 0 Å². The van der Waals surface area contributed by atoms with E-state index in [9.17, 15) is 4.55 Å². The normalized spacial score (nSPS) is 24.1. The topological polar surface area (TPSA) is 104 Å². The van der Waals surface area contributed by atoms with Gasteiger partial charge in [0.1, 0.15) is 21.3 Å². The molecule has 3 heterocycles. The largest absolute Gasteiger partial charge is 0.616 e. The van der Waals surface area contributed by atoms with E-state index in [0.29, 0.717) is 26.6 Å². The minimum Gasteiger partial charge on any atom is -0.616 e. The van der Waals surface area contributed by atoms with Gasteiger partial charge in [-0.3, -0.25) is 0 Å². The Labute approximate surface area is 181 Å². The monoisotopic (exact) mass is 457 g/mol. The predicted molar refractivity (Wildman–Crippen MR) is 117 cm³/mol. The zero-order valence-corrected chi connectivity index (χ0v) is 18.3. The zero-order chi connectivity index (χ0) is 19.9. The maximum absolute atomic E-state index is 12.5. The highest BCUT2D eigenvalue weighted by atomic mass is 35.5. The van der Waals surface area contributed by atoms with Gasteiger partial charge in [-0.05, 0) is 23.3 Å². The fraction of sp³-hybridized carbons (Fsp3) is 0.444. The Hall–Kier alpha value is -0.900. The third-order valence-electron chi connectivity index (χ3n) is 5.55. The van der Waals surface area contributed by atoms with Gasteiger partial charge in [-0.15, -0.1) is 0 Å². The van der Waals surface area contributed by atoms with Gasteiger partial charge in [0.15, 0.2) is 5.82 Å². The van der Waals surface area contributed by atoms with E-state index in [-0.39, 0.29) is 10.8 Å². The fourth-order valence-corrected chi connectivity index (χ4v) is 7.11. The maximum atomic E-state index is 12.5. The molecule has 1 aromatic carbocycles. The number of nitrogen functional groups attached to an aromatic ring is 1. The summed E-state index contributed by atoms with van der Waals surface area (Å²) in [5, 5.41) is 1.54. The first-order valence-electron chi connectivity index (χ1n) is 9.04. The van der Waals surface area contributed by atoms with E-state index in [1.807, 2.05) is 12.1 Å². The first-order chi connectivity index (χ1) is 13.4. The maximum Gasteiger partial charge on any atom is 0.158 e. The lowest BCUT2D eigenvalue weighted by Crippen LogP contribution is -2.55. The Morgan fingerprint density at radius 1 is 1.29 bits per heavy atom. The second kappa shape index (κ2) is 8.08. The number of nitrogens with zero attached hydrogens (tertiary/aromatic N) is 3. The molecule has 6 nitrogen and oxygen atoms in total. The summed E-state index contributed by atoms with van der Waals surface area (Å²) < 4.78 is 12.2. The van der Waals surface area contributed by atoms with Gasteiger partial charge in [0.25, 0.3) is 0 Å². The van der Waals surface area contributed by atoms with Crippen LogP contribution in [0.15, 0.2) is 34.3 Å². The van der Waals surface area contributed by atoms with E-state index >= 15 is 0 Å². The van der Waals surface area contributed by atoms with Gasteiger partial charge in [0.05, 0.1) is 22.3 Å². The van der Waals surface area contributed by atoms with E-state index in [0.717, 1.165) is 43.1 Å². The highest BCUT2D eigenvalue weighted by molar-refractivity contribution is 7.99. The Morgan fingerprint density at radius 2 is 2.04 bits per heavy atom. The molecule has 0 bridgehead atoms. The van der Waals surface area contributed by atoms with Crippen molar-refractivity contribution in [3.05, 3.63) is 34.4 Å². The predicted octanol–water partition coefficient (Wildman–Crippen LogP) is 3.34. The summed E-state index contributed by atoms with van der Waals surface area (Å²) in [5.41, 5.74) is 12.4. The zero-order valence-electron chi connectivity index (χ0n) is 15.1. The van der Waals surface area contributed by atoms with Crippen LogP contribution in [0.3, 0.4) is 0 Å². The molecule has 0 amide bonds. The molecular weight excluding hydrogens is 437 g/mol. The van der Waals surface area contributed by atoms with Gasteiger partial charge in [-0.25, -0.2) is 9.97 Å². The molecule has 4 rings (SSSR count). The molecule has 28 heavy (non-hydrogen) atoms. The first-order valence-corrected chi connectivity index (χ1v) is 11.9. The van der Waals surface area contributed by atoms with Gasteiger partial charge in [-0.2, -0.15) is 0 Å². The molecule has 150 valence electrons.